The van der Waals surface area contributed by atoms with E-state index in [-0.39, 0.29) is 5.56 Å². The second-order valence-electron chi connectivity index (χ2n) is 4.41. The molecular formula is C13H10N4OS. The molecule has 4 rings (SSSR count). The van der Waals surface area contributed by atoms with Crippen LogP contribution in [0.2, 0.25) is 0 Å². The summed E-state index contributed by atoms with van der Waals surface area (Å²) in [6, 6.07) is 3.30. The number of hydrogen-bond donors (Lipinski definition) is 1. The number of hydrogen-bond acceptors (Lipinski definition) is 6. The highest BCUT2D eigenvalue weighted by molar-refractivity contribution is 8.06. The third-order valence-electron chi connectivity index (χ3n) is 3.29. The van der Waals surface area contributed by atoms with Gasteiger partial charge in [0.1, 0.15) is 5.03 Å². The molecule has 1 aromatic heterocycles. The molecule has 0 saturated heterocycles. The molecule has 19 heavy (non-hydrogen) atoms. The Bertz CT molecular complexity index is 713. The maximum atomic E-state index is 11.5. The molecule has 0 aromatic carbocycles. The largest absolute Gasteiger partial charge is 0.353 e. The van der Waals surface area contributed by atoms with E-state index in [1.54, 1.807) is 17.8 Å². The molecule has 0 atom stereocenters. The highest BCUT2D eigenvalue weighted by atomic mass is 32.2. The summed E-state index contributed by atoms with van der Waals surface area (Å²) in [7, 11) is 0. The maximum absolute atomic E-state index is 11.5. The SMILES string of the molecule is O=c1ccc2c3c(n1)CCN3C(=C1NC=CS1)N=C2. The van der Waals surface area contributed by atoms with Gasteiger partial charge in [0.2, 0.25) is 0 Å². The third-order valence-corrected chi connectivity index (χ3v) is 4.10. The van der Waals surface area contributed by atoms with Crippen LogP contribution in [0.25, 0.3) is 0 Å². The van der Waals surface area contributed by atoms with Crippen molar-refractivity contribution in [2.45, 2.75) is 6.42 Å². The van der Waals surface area contributed by atoms with Gasteiger partial charge in [-0.25, -0.2) is 9.98 Å². The van der Waals surface area contributed by atoms with Gasteiger partial charge in [0, 0.05) is 37.0 Å². The van der Waals surface area contributed by atoms with Gasteiger partial charge in [0.15, 0.2) is 5.82 Å². The summed E-state index contributed by atoms with van der Waals surface area (Å²) in [6.45, 7) is 0.817. The van der Waals surface area contributed by atoms with Crippen molar-refractivity contribution in [2.75, 3.05) is 11.4 Å². The Morgan fingerprint density at radius 1 is 1.37 bits per heavy atom. The van der Waals surface area contributed by atoms with Gasteiger partial charge in [-0.2, -0.15) is 0 Å². The lowest BCUT2D eigenvalue weighted by Gasteiger charge is -2.25. The van der Waals surface area contributed by atoms with E-state index < -0.39 is 0 Å². The van der Waals surface area contributed by atoms with Gasteiger partial charge in [-0.3, -0.25) is 4.79 Å². The normalized spacial score (nSPS) is 22.6. The average Bonchev–Trinajstić information content (AvgIpc) is 3.03. The summed E-state index contributed by atoms with van der Waals surface area (Å²) in [5.41, 5.74) is 2.66. The number of aromatic nitrogens is 1. The zero-order chi connectivity index (χ0) is 12.8. The smallest absolute Gasteiger partial charge is 0.270 e. The number of anilines is 1. The molecule has 5 nitrogen and oxygen atoms in total. The van der Waals surface area contributed by atoms with Crippen LogP contribution in [0.1, 0.15) is 11.3 Å². The van der Waals surface area contributed by atoms with Gasteiger partial charge in [-0.05, 0) is 11.5 Å². The fourth-order valence-electron chi connectivity index (χ4n) is 2.51. The first kappa shape index (κ1) is 10.8. The molecule has 3 aliphatic rings. The first-order valence-corrected chi connectivity index (χ1v) is 6.89. The number of rotatable bonds is 0. The summed E-state index contributed by atoms with van der Waals surface area (Å²) >= 11 is 1.62. The number of nitrogens with zero attached hydrogens (tertiary/aromatic N) is 3. The van der Waals surface area contributed by atoms with Crippen LogP contribution in [-0.4, -0.2) is 17.7 Å². The minimum Gasteiger partial charge on any atom is -0.353 e. The second kappa shape index (κ2) is 3.96. The van der Waals surface area contributed by atoms with Crippen molar-refractivity contribution >= 4 is 23.7 Å². The van der Waals surface area contributed by atoms with Crippen molar-refractivity contribution in [1.82, 2.24) is 10.3 Å². The summed E-state index contributed by atoms with van der Waals surface area (Å²) in [4.78, 5) is 22.4. The molecule has 0 fully saturated rings. The van der Waals surface area contributed by atoms with Crippen LogP contribution in [0.3, 0.4) is 0 Å². The Kier molecular flexibility index (Phi) is 2.25. The van der Waals surface area contributed by atoms with E-state index in [1.807, 2.05) is 17.8 Å². The van der Waals surface area contributed by atoms with E-state index in [9.17, 15) is 4.79 Å². The third kappa shape index (κ3) is 1.60. The zero-order valence-corrected chi connectivity index (χ0v) is 10.8. The number of thioether (sulfide) groups is 1. The van der Waals surface area contributed by atoms with E-state index in [0.717, 1.165) is 40.8 Å². The van der Waals surface area contributed by atoms with Crippen LogP contribution in [0.4, 0.5) is 5.69 Å². The van der Waals surface area contributed by atoms with Crippen LogP contribution in [0.15, 0.2) is 44.4 Å². The van der Waals surface area contributed by atoms with Crippen molar-refractivity contribution in [3.05, 3.63) is 56.2 Å². The Hall–Kier alpha value is -2.08. The number of nitrogens with one attached hydrogen (secondary N) is 1. The Morgan fingerprint density at radius 2 is 2.32 bits per heavy atom. The lowest BCUT2D eigenvalue weighted by atomic mass is 10.2. The molecular weight excluding hydrogens is 260 g/mol. The van der Waals surface area contributed by atoms with Crippen molar-refractivity contribution in [2.24, 2.45) is 4.99 Å². The predicted molar refractivity (Wildman–Crippen MR) is 76.0 cm³/mol. The quantitative estimate of drug-likeness (QED) is 0.767. The van der Waals surface area contributed by atoms with Gasteiger partial charge >= 0.3 is 0 Å². The first-order valence-electron chi connectivity index (χ1n) is 6.01. The Labute approximate surface area is 113 Å². The van der Waals surface area contributed by atoms with Gasteiger partial charge in [0.05, 0.1) is 11.4 Å². The van der Waals surface area contributed by atoms with Crippen molar-refractivity contribution in [3.63, 3.8) is 0 Å². The van der Waals surface area contributed by atoms with Crippen LogP contribution < -0.4 is 15.8 Å². The second-order valence-corrected chi connectivity index (χ2v) is 5.33. The zero-order valence-electron chi connectivity index (χ0n) is 9.96. The minimum atomic E-state index is -0.191. The molecule has 0 aliphatic carbocycles. The van der Waals surface area contributed by atoms with Crippen molar-refractivity contribution in [1.29, 1.82) is 0 Å². The van der Waals surface area contributed by atoms with E-state index in [4.69, 9.17) is 0 Å². The Morgan fingerprint density at radius 3 is 3.16 bits per heavy atom. The summed E-state index contributed by atoms with van der Waals surface area (Å²) in [6.07, 6.45) is 4.49. The number of aliphatic imine (C=N–C) groups is 1. The first-order chi connectivity index (χ1) is 9.33. The molecule has 4 heterocycles. The molecule has 3 aliphatic heterocycles. The van der Waals surface area contributed by atoms with E-state index in [1.165, 1.54) is 6.07 Å². The maximum Gasteiger partial charge on any atom is 0.270 e. The van der Waals surface area contributed by atoms with Gasteiger partial charge in [0.25, 0.3) is 5.56 Å². The highest BCUT2D eigenvalue weighted by Gasteiger charge is 2.30. The fraction of sp³-hybridized carbons (Fsp3) is 0.154. The molecule has 0 bridgehead atoms. The summed E-state index contributed by atoms with van der Waals surface area (Å²) in [5.74, 6) is 0.904. The van der Waals surface area contributed by atoms with Gasteiger partial charge in [-0.15, -0.1) is 0 Å². The molecule has 1 N–H and O–H groups in total. The topological polar surface area (TPSA) is 57.6 Å². The molecule has 0 unspecified atom stereocenters. The lowest BCUT2D eigenvalue weighted by Crippen LogP contribution is -2.25. The molecule has 0 spiro atoms. The fourth-order valence-corrected chi connectivity index (χ4v) is 3.18. The molecule has 6 heteroatoms. The van der Waals surface area contributed by atoms with Crippen molar-refractivity contribution in [3.8, 4) is 0 Å². The predicted octanol–water partition coefficient (Wildman–Crippen LogP) is 1.17. The van der Waals surface area contributed by atoms with Crippen molar-refractivity contribution < 1.29 is 0 Å². The summed E-state index contributed by atoms with van der Waals surface area (Å²) < 4.78 is 0. The van der Waals surface area contributed by atoms with Crippen LogP contribution in [0, 0.1) is 0 Å². The average molecular weight is 270 g/mol. The van der Waals surface area contributed by atoms with Gasteiger partial charge < -0.3 is 10.2 Å². The van der Waals surface area contributed by atoms with E-state index >= 15 is 0 Å². The van der Waals surface area contributed by atoms with E-state index in [0.29, 0.717) is 0 Å². The molecule has 0 saturated carbocycles. The van der Waals surface area contributed by atoms with Gasteiger partial charge in [-0.1, -0.05) is 11.8 Å². The molecule has 1 aromatic rings. The summed E-state index contributed by atoms with van der Waals surface area (Å²) in [5, 5.41) is 6.19. The molecule has 0 amide bonds. The molecule has 0 radical (unpaired) electrons. The Balaban J connectivity index is 1.94. The standard InChI is InChI=1S/C13H10N4OS/c18-10-2-1-8-7-15-12(13-14-4-6-19-13)17-5-3-9(16-10)11(8)17/h1-2,4,6-7,14H,3,5H2. The van der Waals surface area contributed by atoms with E-state index in [2.05, 4.69) is 20.2 Å². The minimum absolute atomic E-state index is 0.191. The molecule has 94 valence electrons. The van der Waals surface area contributed by atoms with Crippen LogP contribution >= 0.6 is 11.8 Å². The van der Waals surface area contributed by atoms with Crippen LogP contribution in [0.5, 0.6) is 0 Å². The lowest BCUT2D eigenvalue weighted by molar-refractivity contribution is 0.900. The van der Waals surface area contributed by atoms with Crippen LogP contribution in [-0.2, 0) is 6.42 Å². The monoisotopic (exact) mass is 270 g/mol. The highest BCUT2D eigenvalue weighted by Crippen LogP contribution is 2.37.